The van der Waals surface area contributed by atoms with Crippen LogP contribution >= 0.6 is 24.0 Å². The number of methoxy groups -OCH3 is 2. The number of halogens is 1. The summed E-state index contributed by atoms with van der Waals surface area (Å²) < 4.78 is 33.9. The van der Waals surface area contributed by atoms with Gasteiger partial charge in [-0.15, -0.1) is 24.0 Å². The third-order valence-electron chi connectivity index (χ3n) is 4.80. The van der Waals surface area contributed by atoms with Crippen molar-refractivity contribution in [1.29, 1.82) is 0 Å². The lowest BCUT2D eigenvalue weighted by Crippen LogP contribution is -2.45. The number of ether oxygens (including phenoxy) is 2. The number of hydrogen-bond donors (Lipinski definition) is 2. The molecule has 1 aliphatic heterocycles. The van der Waals surface area contributed by atoms with Gasteiger partial charge in [0.15, 0.2) is 15.8 Å². The van der Waals surface area contributed by atoms with Gasteiger partial charge in [-0.05, 0) is 24.1 Å². The molecule has 1 fully saturated rings. The summed E-state index contributed by atoms with van der Waals surface area (Å²) in [4.78, 5) is 6.56. The van der Waals surface area contributed by atoms with Crippen LogP contribution < -0.4 is 20.1 Å². The number of guanidine groups is 1. The number of hydrogen-bond acceptors (Lipinski definition) is 6. The van der Waals surface area contributed by atoms with Gasteiger partial charge in [-0.2, -0.15) is 0 Å². The van der Waals surface area contributed by atoms with Crippen molar-refractivity contribution >= 4 is 39.8 Å². The van der Waals surface area contributed by atoms with Crippen molar-refractivity contribution in [2.45, 2.75) is 25.9 Å². The molecular formula is C19H33IN4O4S. The smallest absolute Gasteiger partial charge is 0.191 e. The van der Waals surface area contributed by atoms with Crippen molar-refractivity contribution in [2.24, 2.45) is 4.99 Å². The van der Waals surface area contributed by atoms with Crippen LogP contribution in [-0.2, 0) is 16.4 Å². The number of rotatable bonds is 9. The summed E-state index contributed by atoms with van der Waals surface area (Å²) in [5.74, 6) is 2.48. The average molecular weight is 540 g/mol. The van der Waals surface area contributed by atoms with Gasteiger partial charge in [0.2, 0.25) is 0 Å². The van der Waals surface area contributed by atoms with Crippen LogP contribution in [-0.4, -0.2) is 77.7 Å². The summed E-state index contributed by atoms with van der Waals surface area (Å²) in [6.07, 6.45) is 0.995. The Morgan fingerprint density at radius 1 is 1.24 bits per heavy atom. The fraction of sp³-hybridized carbons (Fsp3) is 0.632. The standard InChI is InChI=1S/C19H32N4O4S.HI/c1-5-28(24,25)9-7-21-19(20-2)22-16-6-8-23(14-16)13-15-10-17(26-3)12-18(11-15)27-4;/h10-12,16H,5-9,13-14H2,1-4H3,(H2,20,21,22);1H. The van der Waals surface area contributed by atoms with E-state index in [0.29, 0.717) is 12.5 Å². The maximum atomic E-state index is 11.6. The molecule has 1 aromatic carbocycles. The average Bonchev–Trinajstić information content (AvgIpc) is 3.13. The summed E-state index contributed by atoms with van der Waals surface area (Å²) in [6.45, 7) is 4.68. The Hall–Kier alpha value is -1.27. The van der Waals surface area contributed by atoms with E-state index in [-0.39, 0.29) is 41.5 Å². The Morgan fingerprint density at radius 3 is 2.45 bits per heavy atom. The van der Waals surface area contributed by atoms with E-state index in [2.05, 4.69) is 20.5 Å². The van der Waals surface area contributed by atoms with Gasteiger partial charge in [0.25, 0.3) is 0 Å². The molecule has 0 amide bonds. The molecule has 10 heteroatoms. The van der Waals surface area contributed by atoms with Gasteiger partial charge in [-0.25, -0.2) is 8.42 Å². The summed E-state index contributed by atoms with van der Waals surface area (Å²) in [5, 5.41) is 6.47. The lowest BCUT2D eigenvalue weighted by molar-refractivity contribution is 0.321. The molecule has 166 valence electrons. The van der Waals surface area contributed by atoms with E-state index in [0.717, 1.165) is 43.1 Å². The molecule has 29 heavy (non-hydrogen) atoms. The minimum atomic E-state index is -2.98. The zero-order valence-electron chi connectivity index (χ0n) is 17.6. The summed E-state index contributed by atoms with van der Waals surface area (Å²) in [7, 11) is 2.02. The molecule has 1 unspecified atom stereocenters. The summed E-state index contributed by atoms with van der Waals surface area (Å²) in [6, 6.07) is 6.18. The molecule has 8 nitrogen and oxygen atoms in total. The number of nitrogens with zero attached hydrogens (tertiary/aromatic N) is 2. The van der Waals surface area contributed by atoms with E-state index in [4.69, 9.17) is 9.47 Å². The molecule has 2 N–H and O–H groups in total. The first-order valence-corrected chi connectivity index (χ1v) is 11.3. The van der Waals surface area contributed by atoms with Crippen molar-refractivity contribution < 1.29 is 17.9 Å². The molecule has 0 aromatic heterocycles. The topological polar surface area (TPSA) is 92.3 Å². The van der Waals surface area contributed by atoms with Crippen LogP contribution in [0.3, 0.4) is 0 Å². The quantitative estimate of drug-likeness (QED) is 0.279. The Bertz CT molecular complexity index is 751. The normalized spacial score (nSPS) is 17.5. The van der Waals surface area contributed by atoms with Gasteiger partial charge in [-0.3, -0.25) is 9.89 Å². The van der Waals surface area contributed by atoms with Crippen molar-refractivity contribution in [3.05, 3.63) is 23.8 Å². The van der Waals surface area contributed by atoms with Gasteiger partial charge in [0.1, 0.15) is 11.5 Å². The van der Waals surface area contributed by atoms with E-state index in [1.54, 1.807) is 28.2 Å². The third kappa shape index (κ3) is 8.55. The molecule has 1 atom stereocenters. The highest BCUT2D eigenvalue weighted by atomic mass is 127. The first-order chi connectivity index (χ1) is 13.4. The molecule has 1 heterocycles. The maximum absolute atomic E-state index is 11.6. The zero-order valence-corrected chi connectivity index (χ0v) is 20.7. The third-order valence-corrected chi connectivity index (χ3v) is 6.51. The Balaban J connectivity index is 0.00000420. The predicted molar refractivity (Wildman–Crippen MR) is 127 cm³/mol. The minimum absolute atomic E-state index is 0. The SMILES string of the molecule is CCS(=O)(=O)CCNC(=NC)NC1CCN(Cc2cc(OC)cc(OC)c2)C1.I. The van der Waals surface area contributed by atoms with Crippen molar-refractivity contribution in [1.82, 2.24) is 15.5 Å². The van der Waals surface area contributed by atoms with E-state index in [1.165, 1.54) is 0 Å². The van der Waals surface area contributed by atoms with Gasteiger partial charge in [0.05, 0.1) is 20.0 Å². The summed E-state index contributed by atoms with van der Waals surface area (Å²) in [5.41, 5.74) is 1.14. The van der Waals surface area contributed by atoms with Crippen molar-refractivity contribution in [3.8, 4) is 11.5 Å². The Morgan fingerprint density at radius 2 is 1.90 bits per heavy atom. The van der Waals surface area contributed by atoms with Gasteiger partial charge < -0.3 is 20.1 Å². The number of sulfone groups is 1. The van der Waals surface area contributed by atoms with Crippen LogP contribution in [0.4, 0.5) is 0 Å². The first-order valence-electron chi connectivity index (χ1n) is 9.51. The number of nitrogens with one attached hydrogen (secondary N) is 2. The number of aliphatic imine (C=N–C) groups is 1. The fourth-order valence-electron chi connectivity index (χ4n) is 3.17. The highest BCUT2D eigenvalue weighted by Gasteiger charge is 2.23. The molecular weight excluding hydrogens is 507 g/mol. The highest BCUT2D eigenvalue weighted by molar-refractivity contribution is 14.0. The Kier molecular flexibility index (Phi) is 11.0. The maximum Gasteiger partial charge on any atom is 0.191 e. The van der Waals surface area contributed by atoms with Gasteiger partial charge >= 0.3 is 0 Å². The highest BCUT2D eigenvalue weighted by Crippen LogP contribution is 2.24. The zero-order chi connectivity index (χ0) is 20.6. The summed E-state index contributed by atoms with van der Waals surface area (Å²) >= 11 is 0. The van der Waals surface area contributed by atoms with Crippen molar-refractivity contribution in [3.63, 3.8) is 0 Å². The van der Waals surface area contributed by atoms with Crippen LogP contribution in [0.15, 0.2) is 23.2 Å². The van der Waals surface area contributed by atoms with Crippen molar-refractivity contribution in [2.75, 3.05) is 52.4 Å². The van der Waals surface area contributed by atoms with E-state index >= 15 is 0 Å². The minimum Gasteiger partial charge on any atom is -0.497 e. The monoisotopic (exact) mass is 540 g/mol. The first kappa shape index (κ1) is 25.8. The number of likely N-dealkylation sites (tertiary alicyclic amines) is 1. The second-order valence-electron chi connectivity index (χ2n) is 6.82. The second kappa shape index (κ2) is 12.4. The molecule has 0 aliphatic carbocycles. The molecule has 0 radical (unpaired) electrons. The lowest BCUT2D eigenvalue weighted by Gasteiger charge is -2.19. The largest absolute Gasteiger partial charge is 0.497 e. The van der Waals surface area contributed by atoms with Crippen LogP contribution in [0.5, 0.6) is 11.5 Å². The van der Waals surface area contributed by atoms with Gasteiger partial charge in [-0.1, -0.05) is 6.92 Å². The predicted octanol–water partition coefficient (Wildman–Crippen LogP) is 1.50. The van der Waals surface area contributed by atoms with Crippen LogP contribution in [0, 0.1) is 0 Å². The molecule has 0 saturated carbocycles. The molecule has 1 aliphatic rings. The molecule has 1 aromatic rings. The fourth-order valence-corrected chi connectivity index (χ4v) is 3.87. The van der Waals surface area contributed by atoms with Crippen LogP contribution in [0.1, 0.15) is 18.9 Å². The van der Waals surface area contributed by atoms with Gasteiger partial charge in [0, 0.05) is 51.1 Å². The lowest BCUT2D eigenvalue weighted by atomic mass is 10.2. The Labute approximate surface area is 191 Å². The molecule has 1 saturated heterocycles. The second-order valence-corrected chi connectivity index (χ2v) is 9.29. The van der Waals surface area contributed by atoms with E-state index in [9.17, 15) is 8.42 Å². The molecule has 0 spiro atoms. The van der Waals surface area contributed by atoms with Crippen LogP contribution in [0.25, 0.3) is 0 Å². The molecule has 0 bridgehead atoms. The van der Waals surface area contributed by atoms with Crippen LogP contribution in [0.2, 0.25) is 0 Å². The number of benzene rings is 1. The molecule has 2 rings (SSSR count). The van der Waals surface area contributed by atoms with E-state index < -0.39 is 9.84 Å². The van der Waals surface area contributed by atoms with E-state index in [1.807, 2.05) is 18.2 Å².